The molecule has 0 fully saturated rings. The first-order valence-corrected chi connectivity index (χ1v) is 5.21. The van der Waals surface area contributed by atoms with Crippen molar-refractivity contribution >= 4 is 11.5 Å². The number of hydrogen-bond donors (Lipinski definition) is 1. The summed E-state index contributed by atoms with van der Waals surface area (Å²) >= 11 is 0. The Labute approximate surface area is 98.6 Å². The molecule has 1 aromatic carbocycles. The highest BCUT2D eigenvalue weighted by Gasteiger charge is 2.25. The largest absolute Gasteiger partial charge is 0.493 e. The van der Waals surface area contributed by atoms with E-state index in [0.29, 0.717) is 29.9 Å². The molecule has 0 spiro atoms. The van der Waals surface area contributed by atoms with Gasteiger partial charge >= 0.3 is 0 Å². The Morgan fingerprint density at radius 3 is 2.41 bits per heavy atom. The van der Waals surface area contributed by atoms with E-state index in [1.165, 1.54) is 7.11 Å². The maximum absolute atomic E-state index is 11.9. The molecule has 0 bridgehead atoms. The van der Waals surface area contributed by atoms with Crippen molar-refractivity contribution in [1.29, 1.82) is 0 Å². The van der Waals surface area contributed by atoms with Crippen LogP contribution in [-0.4, -0.2) is 30.9 Å². The van der Waals surface area contributed by atoms with Crippen molar-refractivity contribution in [3.8, 4) is 11.5 Å². The van der Waals surface area contributed by atoms with Gasteiger partial charge in [-0.1, -0.05) is 5.16 Å². The van der Waals surface area contributed by atoms with E-state index in [1.54, 1.807) is 19.2 Å². The van der Waals surface area contributed by atoms with E-state index >= 15 is 0 Å². The standard InChI is InChI=1S/C12H13NO4/c1-16-10-5-7-3-4-9(13-15)12(14)8(7)6-11(10)17-2/h5-6,15H,3-4H2,1-2H3. The van der Waals surface area contributed by atoms with E-state index in [-0.39, 0.29) is 11.5 Å². The number of ketones is 1. The highest BCUT2D eigenvalue weighted by molar-refractivity contribution is 6.47. The smallest absolute Gasteiger partial charge is 0.210 e. The van der Waals surface area contributed by atoms with Gasteiger partial charge in [0.05, 0.1) is 14.2 Å². The average molecular weight is 235 g/mol. The van der Waals surface area contributed by atoms with Crippen LogP contribution in [0.5, 0.6) is 11.5 Å². The number of oxime groups is 1. The Hall–Kier alpha value is -2.04. The van der Waals surface area contributed by atoms with Gasteiger partial charge in [-0.05, 0) is 24.1 Å². The maximum atomic E-state index is 11.9. The second-order valence-corrected chi connectivity index (χ2v) is 3.74. The summed E-state index contributed by atoms with van der Waals surface area (Å²) in [6.45, 7) is 0. The highest BCUT2D eigenvalue weighted by Crippen LogP contribution is 2.33. The summed E-state index contributed by atoms with van der Waals surface area (Å²) in [6.07, 6.45) is 1.10. The van der Waals surface area contributed by atoms with Crippen molar-refractivity contribution in [3.63, 3.8) is 0 Å². The fourth-order valence-corrected chi connectivity index (χ4v) is 1.96. The van der Waals surface area contributed by atoms with Gasteiger partial charge in [0.2, 0.25) is 5.78 Å². The molecule has 0 saturated carbocycles. The molecule has 0 aromatic heterocycles. The Balaban J connectivity index is 2.54. The van der Waals surface area contributed by atoms with Crippen LogP contribution in [0.3, 0.4) is 0 Å². The van der Waals surface area contributed by atoms with Gasteiger partial charge in [-0.2, -0.15) is 0 Å². The van der Waals surface area contributed by atoms with E-state index in [4.69, 9.17) is 14.7 Å². The zero-order valence-electron chi connectivity index (χ0n) is 9.69. The van der Waals surface area contributed by atoms with Crippen molar-refractivity contribution < 1.29 is 19.5 Å². The number of benzene rings is 1. The second kappa shape index (κ2) is 4.45. The monoisotopic (exact) mass is 235 g/mol. The van der Waals surface area contributed by atoms with E-state index in [1.807, 2.05) is 0 Å². The Morgan fingerprint density at radius 1 is 1.18 bits per heavy atom. The number of rotatable bonds is 2. The van der Waals surface area contributed by atoms with Crippen molar-refractivity contribution in [3.05, 3.63) is 23.3 Å². The quantitative estimate of drug-likeness (QED) is 0.625. The second-order valence-electron chi connectivity index (χ2n) is 3.74. The van der Waals surface area contributed by atoms with Gasteiger partial charge in [0.1, 0.15) is 5.71 Å². The van der Waals surface area contributed by atoms with Crippen LogP contribution in [0.2, 0.25) is 0 Å². The molecule has 17 heavy (non-hydrogen) atoms. The zero-order chi connectivity index (χ0) is 12.4. The number of hydrogen-bond acceptors (Lipinski definition) is 5. The predicted molar refractivity (Wildman–Crippen MR) is 61.4 cm³/mol. The van der Waals surface area contributed by atoms with Crippen LogP contribution < -0.4 is 9.47 Å². The SMILES string of the molecule is COc1cc2c(cc1OC)C(=O)C(=NO)CC2. The third-order valence-electron chi connectivity index (χ3n) is 2.87. The minimum atomic E-state index is -0.255. The lowest BCUT2D eigenvalue weighted by Crippen LogP contribution is -2.22. The number of carbonyl (C=O) groups excluding carboxylic acids is 1. The molecule has 2 rings (SSSR count). The maximum Gasteiger partial charge on any atom is 0.210 e. The molecule has 0 heterocycles. The Bertz CT molecular complexity index is 494. The molecule has 0 radical (unpaired) electrons. The van der Waals surface area contributed by atoms with Gasteiger partial charge in [0.15, 0.2) is 11.5 Å². The molecule has 1 N–H and O–H groups in total. The third-order valence-corrected chi connectivity index (χ3v) is 2.87. The first kappa shape index (κ1) is 11.4. The summed E-state index contributed by atoms with van der Waals surface area (Å²) in [5.41, 5.74) is 1.59. The summed E-state index contributed by atoms with van der Waals surface area (Å²) in [6, 6.07) is 3.42. The van der Waals surface area contributed by atoms with Crippen molar-refractivity contribution in [2.45, 2.75) is 12.8 Å². The molecule has 0 aliphatic heterocycles. The summed E-state index contributed by atoms with van der Waals surface area (Å²) in [5.74, 6) is 0.844. The molecule has 5 heteroatoms. The normalized spacial score (nSPS) is 16.8. The van der Waals surface area contributed by atoms with Crippen molar-refractivity contribution in [2.24, 2.45) is 5.16 Å². The number of ether oxygens (including phenoxy) is 2. The van der Waals surface area contributed by atoms with E-state index in [0.717, 1.165) is 5.56 Å². The van der Waals surface area contributed by atoms with E-state index in [9.17, 15) is 4.79 Å². The molecule has 1 aromatic rings. The molecule has 0 atom stereocenters. The van der Waals surface area contributed by atoms with Crippen LogP contribution in [0.25, 0.3) is 0 Å². The van der Waals surface area contributed by atoms with Crippen LogP contribution in [0.1, 0.15) is 22.3 Å². The van der Waals surface area contributed by atoms with Gasteiger partial charge in [-0.25, -0.2) is 0 Å². The third kappa shape index (κ3) is 1.84. The number of Topliss-reactive ketones (excluding diaryl/α,β-unsaturated/α-hetero) is 1. The molecule has 0 unspecified atom stereocenters. The van der Waals surface area contributed by atoms with Gasteiger partial charge in [0, 0.05) is 12.0 Å². The van der Waals surface area contributed by atoms with Crippen molar-refractivity contribution in [1.82, 2.24) is 0 Å². The molecule has 5 nitrogen and oxygen atoms in total. The zero-order valence-corrected chi connectivity index (χ0v) is 9.69. The van der Waals surface area contributed by atoms with Crippen LogP contribution in [0.4, 0.5) is 0 Å². The van der Waals surface area contributed by atoms with Crippen LogP contribution in [0.15, 0.2) is 17.3 Å². The molecule has 0 amide bonds. The van der Waals surface area contributed by atoms with E-state index in [2.05, 4.69) is 5.16 Å². The van der Waals surface area contributed by atoms with Gasteiger partial charge < -0.3 is 14.7 Å². The lowest BCUT2D eigenvalue weighted by molar-refractivity contribution is 0.105. The van der Waals surface area contributed by atoms with Crippen LogP contribution in [0, 0.1) is 0 Å². The lowest BCUT2D eigenvalue weighted by atomic mass is 9.89. The molecule has 1 aliphatic carbocycles. The number of nitrogens with zero attached hydrogens (tertiary/aromatic N) is 1. The van der Waals surface area contributed by atoms with Gasteiger partial charge in [-0.3, -0.25) is 4.79 Å². The minimum absolute atomic E-state index is 0.185. The number of carbonyl (C=O) groups is 1. The summed E-state index contributed by atoms with van der Waals surface area (Å²) in [4.78, 5) is 11.9. The topological polar surface area (TPSA) is 68.1 Å². The van der Waals surface area contributed by atoms with Crippen LogP contribution >= 0.6 is 0 Å². The van der Waals surface area contributed by atoms with Gasteiger partial charge in [-0.15, -0.1) is 0 Å². The molecule has 0 saturated heterocycles. The Kier molecular flexibility index (Phi) is 2.99. The fourth-order valence-electron chi connectivity index (χ4n) is 1.96. The average Bonchev–Trinajstić information content (AvgIpc) is 2.38. The lowest BCUT2D eigenvalue weighted by Gasteiger charge is -2.18. The first-order chi connectivity index (χ1) is 8.21. The summed E-state index contributed by atoms with van der Waals surface area (Å²) in [7, 11) is 3.06. The van der Waals surface area contributed by atoms with Gasteiger partial charge in [0.25, 0.3) is 0 Å². The molecular formula is C12H13NO4. The predicted octanol–water partition coefficient (Wildman–Crippen LogP) is 1.66. The number of fused-ring (bicyclic) bond motifs is 1. The molecule has 1 aliphatic rings. The number of methoxy groups -OCH3 is 2. The first-order valence-electron chi connectivity index (χ1n) is 5.21. The number of aryl methyl sites for hydroxylation is 1. The molecule has 90 valence electrons. The fraction of sp³-hybridized carbons (Fsp3) is 0.333. The summed E-state index contributed by atoms with van der Waals surface area (Å²) in [5, 5.41) is 11.7. The Morgan fingerprint density at radius 2 is 1.82 bits per heavy atom. The highest BCUT2D eigenvalue weighted by atomic mass is 16.5. The minimum Gasteiger partial charge on any atom is -0.493 e. The van der Waals surface area contributed by atoms with Crippen LogP contribution in [-0.2, 0) is 6.42 Å². The molecular weight excluding hydrogens is 222 g/mol. The van der Waals surface area contributed by atoms with E-state index < -0.39 is 0 Å². The van der Waals surface area contributed by atoms with Crippen molar-refractivity contribution in [2.75, 3.05) is 14.2 Å². The summed E-state index contributed by atoms with van der Waals surface area (Å²) < 4.78 is 10.3.